The number of ketones is 1. The van der Waals surface area contributed by atoms with Crippen molar-refractivity contribution in [3.63, 3.8) is 0 Å². The van der Waals surface area contributed by atoms with Gasteiger partial charge in [-0.15, -0.1) is 0 Å². The fraction of sp³-hybridized carbons (Fsp3) is 0.500. The Labute approximate surface area is 102 Å². The molecule has 17 heavy (non-hydrogen) atoms. The second kappa shape index (κ2) is 5.82. The second-order valence-corrected chi connectivity index (χ2v) is 4.22. The minimum Gasteiger partial charge on any atom is -0.494 e. The van der Waals surface area contributed by atoms with E-state index in [0.717, 1.165) is 25.2 Å². The highest BCUT2D eigenvalue weighted by Gasteiger charge is 2.20. The van der Waals surface area contributed by atoms with Crippen LogP contribution in [0.3, 0.4) is 0 Å². The summed E-state index contributed by atoms with van der Waals surface area (Å²) in [5.41, 5.74) is 0.714. The molecule has 2 rings (SSSR count). The molecular formula is C14H18O3. The molecule has 0 radical (unpaired) electrons. The molecule has 1 aromatic rings. The van der Waals surface area contributed by atoms with Crippen molar-refractivity contribution >= 4 is 5.78 Å². The van der Waals surface area contributed by atoms with Crippen LogP contribution in [0.1, 0.15) is 36.5 Å². The van der Waals surface area contributed by atoms with E-state index < -0.39 is 0 Å². The zero-order valence-corrected chi connectivity index (χ0v) is 10.1. The van der Waals surface area contributed by atoms with E-state index in [1.807, 2.05) is 25.1 Å². The van der Waals surface area contributed by atoms with Gasteiger partial charge in [0.15, 0.2) is 5.78 Å². The van der Waals surface area contributed by atoms with Crippen molar-refractivity contribution in [3.05, 3.63) is 29.8 Å². The van der Waals surface area contributed by atoms with Gasteiger partial charge in [-0.1, -0.05) is 12.1 Å². The Balaban J connectivity index is 1.99. The fourth-order valence-corrected chi connectivity index (χ4v) is 2.06. The number of rotatable bonds is 5. The van der Waals surface area contributed by atoms with Gasteiger partial charge in [-0.2, -0.15) is 0 Å². The van der Waals surface area contributed by atoms with Crippen LogP contribution in [-0.4, -0.2) is 25.1 Å². The predicted octanol–water partition coefficient (Wildman–Crippen LogP) is 2.84. The Kier molecular flexibility index (Phi) is 4.15. The smallest absolute Gasteiger partial charge is 0.165 e. The van der Waals surface area contributed by atoms with Crippen molar-refractivity contribution in [1.82, 2.24) is 0 Å². The average molecular weight is 234 g/mol. The first-order valence-corrected chi connectivity index (χ1v) is 6.17. The zero-order valence-electron chi connectivity index (χ0n) is 10.1. The Morgan fingerprint density at radius 2 is 2.41 bits per heavy atom. The fourth-order valence-electron chi connectivity index (χ4n) is 2.06. The van der Waals surface area contributed by atoms with Crippen LogP contribution >= 0.6 is 0 Å². The first kappa shape index (κ1) is 12.1. The number of ether oxygens (including phenoxy) is 2. The predicted molar refractivity (Wildman–Crippen MR) is 65.5 cm³/mol. The molecule has 1 aromatic carbocycles. The molecule has 0 spiro atoms. The lowest BCUT2D eigenvalue weighted by atomic mass is 10.0. The molecule has 0 aliphatic carbocycles. The zero-order chi connectivity index (χ0) is 12.1. The number of benzene rings is 1. The number of carbonyl (C=O) groups excluding carboxylic acids is 1. The van der Waals surface area contributed by atoms with Crippen molar-refractivity contribution in [3.8, 4) is 5.75 Å². The normalized spacial score (nSPS) is 19.2. The molecule has 1 fully saturated rings. The van der Waals surface area contributed by atoms with Gasteiger partial charge in [0.05, 0.1) is 12.7 Å². The summed E-state index contributed by atoms with van der Waals surface area (Å²) < 4.78 is 10.9. The summed E-state index contributed by atoms with van der Waals surface area (Å²) in [5, 5.41) is 0. The summed E-state index contributed by atoms with van der Waals surface area (Å²) in [6.45, 7) is 3.33. The highest BCUT2D eigenvalue weighted by molar-refractivity contribution is 5.96. The van der Waals surface area contributed by atoms with Crippen LogP contribution in [0.25, 0.3) is 0 Å². The van der Waals surface area contributed by atoms with E-state index in [4.69, 9.17) is 9.47 Å². The van der Waals surface area contributed by atoms with Crippen LogP contribution in [0.5, 0.6) is 5.75 Å². The Bertz CT molecular complexity index is 381. The lowest BCUT2D eigenvalue weighted by Crippen LogP contribution is -2.12. The lowest BCUT2D eigenvalue weighted by molar-refractivity contribution is 0.0775. The van der Waals surface area contributed by atoms with E-state index >= 15 is 0 Å². The molecule has 3 nitrogen and oxygen atoms in total. The Morgan fingerprint density at radius 1 is 1.53 bits per heavy atom. The quantitative estimate of drug-likeness (QED) is 0.735. The van der Waals surface area contributed by atoms with Crippen LogP contribution in [0, 0.1) is 0 Å². The maximum Gasteiger partial charge on any atom is 0.165 e. The maximum atomic E-state index is 12.0. The maximum absolute atomic E-state index is 12.0. The molecule has 1 unspecified atom stereocenters. The Morgan fingerprint density at radius 3 is 3.12 bits per heavy atom. The highest BCUT2D eigenvalue weighted by Crippen LogP contribution is 2.20. The van der Waals surface area contributed by atoms with Crippen LogP contribution in [0.2, 0.25) is 0 Å². The molecule has 0 bridgehead atoms. The SMILES string of the molecule is CCOc1cccc(C(=O)CC2CCCO2)c1. The summed E-state index contributed by atoms with van der Waals surface area (Å²) in [5.74, 6) is 0.893. The number of hydrogen-bond acceptors (Lipinski definition) is 3. The number of hydrogen-bond donors (Lipinski definition) is 0. The molecule has 0 aromatic heterocycles. The van der Waals surface area contributed by atoms with Gasteiger partial charge in [-0.05, 0) is 31.9 Å². The molecule has 1 heterocycles. The van der Waals surface area contributed by atoms with Gasteiger partial charge in [0.2, 0.25) is 0 Å². The minimum atomic E-state index is 0.109. The van der Waals surface area contributed by atoms with Gasteiger partial charge in [0.25, 0.3) is 0 Å². The minimum absolute atomic E-state index is 0.109. The van der Waals surface area contributed by atoms with E-state index in [9.17, 15) is 4.79 Å². The third kappa shape index (κ3) is 3.30. The summed E-state index contributed by atoms with van der Waals surface area (Å²) in [6.07, 6.45) is 2.65. The van der Waals surface area contributed by atoms with Gasteiger partial charge in [0.1, 0.15) is 5.75 Å². The third-order valence-corrected chi connectivity index (χ3v) is 2.90. The summed E-state index contributed by atoms with van der Waals surface area (Å²) in [7, 11) is 0. The van der Waals surface area contributed by atoms with Crippen molar-refractivity contribution in [2.45, 2.75) is 32.3 Å². The third-order valence-electron chi connectivity index (χ3n) is 2.90. The van der Waals surface area contributed by atoms with Gasteiger partial charge in [-0.25, -0.2) is 0 Å². The summed E-state index contributed by atoms with van der Waals surface area (Å²) in [4.78, 5) is 12.0. The van der Waals surface area contributed by atoms with E-state index in [1.165, 1.54) is 0 Å². The highest BCUT2D eigenvalue weighted by atomic mass is 16.5. The van der Waals surface area contributed by atoms with E-state index in [2.05, 4.69) is 0 Å². The number of Topliss-reactive ketones (excluding diaryl/α,β-unsaturated/α-hetero) is 1. The monoisotopic (exact) mass is 234 g/mol. The van der Waals surface area contributed by atoms with E-state index in [1.54, 1.807) is 6.07 Å². The standard InChI is InChI=1S/C14H18O3/c1-2-16-12-6-3-5-11(9-12)14(15)10-13-7-4-8-17-13/h3,5-6,9,13H,2,4,7-8,10H2,1H3. The lowest BCUT2D eigenvalue weighted by Gasteiger charge is -2.09. The topological polar surface area (TPSA) is 35.5 Å². The van der Waals surface area contributed by atoms with E-state index in [0.29, 0.717) is 18.6 Å². The van der Waals surface area contributed by atoms with Crippen molar-refractivity contribution in [2.24, 2.45) is 0 Å². The van der Waals surface area contributed by atoms with Gasteiger partial charge in [0, 0.05) is 18.6 Å². The van der Waals surface area contributed by atoms with Crippen molar-refractivity contribution in [1.29, 1.82) is 0 Å². The molecule has 1 atom stereocenters. The molecule has 0 saturated carbocycles. The largest absolute Gasteiger partial charge is 0.494 e. The van der Waals surface area contributed by atoms with Crippen LogP contribution < -0.4 is 4.74 Å². The molecule has 0 amide bonds. The Hall–Kier alpha value is -1.35. The van der Waals surface area contributed by atoms with Crippen molar-refractivity contribution in [2.75, 3.05) is 13.2 Å². The van der Waals surface area contributed by atoms with Gasteiger partial charge >= 0.3 is 0 Å². The average Bonchev–Trinajstić information content (AvgIpc) is 2.83. The van der Waals surface area contributed by atoms with Gasteiger partial charge in [-0.3, -0.25) is 4.79 Å². The molecule has 92 valence electrons. The molecule has 3 heteroatoms. The first-order chi connectivity index (χ1) is 8.29. The van der Waals surface area contributed by atoms with Crippen LogP contribution in [0.15, 0.2) is 24.3 Å². The number of carbonyl (C=O) groups is 1. The van der Waals surface area contributed by atoms with E-state index in [-0.39, 0.29) is 11.9 Å². The molecule has 1 aliphatic heterocycles. The summed E-state index contributed by atoms with van der Waals surface area (Å²) in [6, 6.07) is 7.36. The second-order valence-electron chi connectivity index (χ2n) is 4.22. The molecular weight excluding hydrogens is 216 g/mol. The van der Waals surface area contributed by atoms with Crippen LogP contribution in [0.4, 0.5) is 0 Å². The van der Waals surface area contributed by atoms with Crippen molar-refractivity contribution < 1.29 is 14.3 Å². The van der Waals surface area contributed by atoms with Crippen LogP contribution in [-0.2, 0) is 4.74 Å². The summed E-state index contributed by atoms with van der Waals surface area (Å²) >= 11 is 0. The molecule has 1 saturated heterocycles. The molecule has 0 N–H and O–H groups in total. The molecule has 1 aliphatic rings. The van der Waals surface area contributed by atoms with Gasteiger partial charge < -0.3 is 9.47 Å². The first-order valence-electron chi connectivity index (χ1n) is 6.17.